The summed E-state index contributed by atoms with van der Waals surface area (Å²) < 4.78 is 5.77. The van der Waals surface area contributed by atoms with Gasteiger partial charge >= 0.3 is 0 Å². The highest BCUT2D eigenvalue weighted by molar-refractivity contribution is 5.98. The summed E-state index contributed by atoms with van der Waals surface area (Å²) in [7, 11) is 1.61. The smallest absolute Gasteiger partial charge is 0.246 e. The summed E-state index contributed by atoms with van der Waals surface area (Å²) in [6.45, 7) is 8.14. The van der Waals surface area contributed by atoms with E-state index >= 15 is 0 Å². The highest BCUT2D eigenvalue weighted by Gasteiger charge is 2.36. The van der Waals surface area contributed by atoms with Crippen LogP contribution in [0.3, 0.4) is 0 Å². The first-order chi connectivity index (χ1) is 13.2. The number of nitrogens with one attached hydrogen (secondary N) is 1. The van der Waals surface area contributed by atoms with Gasteiger partial charge in [0.2, 0.25) is 11.8 Å². The highest BCUT2D eigenvalue weighted by Crippen LogP contribution is 2.47. The van der Waals surface area contributed by atoms with E-state index in [2.05, 4.69) is 12.2 Å². The Morgan fingerprint density at radius 3 is 2.46 bits per heavy atom. The van der Waals surface area contributed by atoms with Crippen molar-refractivity contribution in [3.63, 3.8) is 0 Å². The summed E-state index contributed by atoms with van der Waals surface area (Å²) in [6, 6.07) is 7.90. The van der Waals surface area contributed by atoms with Crippen molar-refractivity contribution in [2.75, 3.05) is 18.9 Å². The summed E-state index contributed by atoms with van der Waals surface area (Å²) in [5.74, 6) is 2.36. The largest absolute Gasteiger partial charge is 0.461 e. The molecule has 2 amide bonds. The molecule has 28 heavy (non-hydrogen) atoms. The molecule has 0 spiro atoms. The molecule has 0 aliphatic heterocycles. The predicted molar refractivity (Wildman–Crippen MR) is 111 cm³/mol. The summed E-state index contributed by atoms with van der Waals surface area (Å²) in [4.78, 5) is 26.1. The molecule has 1 heterocycles. The van der Waals surface area contributed by atoms with Crippen LogP contribution < -0.4 is 5.32 Å². The number of amides is 2. The molecule has 1 saturated carbocycles. The van der Waals surface area contributed by atoms with E-state index in [0.717, 1.165) is 34.6 Å². The molecular weight excluding hydrogens is 352 g/mol. The van der Waals surface area contributed by atoms with Crippen molar-refractivity contribution in [2.45, 2.75) is 40.0 Å². The fourth-order valence-corrected chi connectivity index (χ4v) is 3.51. The zero-order chi connectivity index (χ0) is 20.4. The molecule has 1 aromatic heterocycles. The molecule has 0 saturated heterocycles. The number of hydrogen-bond acceptors (Lipinski definition) is 3. The predicted octanol–water partition coefficient (Wildman–Crippen LogP) is 4.44. The Kier molecular flexibility index (Phi) is 5.73. The van der Waals surface area contributed by atoms with Gasteiger partial charge < -0.3 is 14.6 Å². The van der Waals surface area contributed by atoms with Crippen molar-refractivity contribution in [3.05, 3.63) is 58.6 Å². The van der Waals surface area contributed by atoms with Gasteiger partial charge in [0.25, 0.3) is 0 Å². The molecular formula is C23H28N2O3. The number of hydrogen-bond donors (Lipinski definition) is 1. The molecule has 1 aliphatic rings. The van der Waals surface area contributed by atoms with Crippen LogP contribution in [0.25, 0.3) is 6.08 Å². The van der Waals surface area contributed by atoms with Crippen LogP contribution in [0.2, 0.25) is 0 Å². The second-order valence-electron chi connectivity index (χ2n) is 7.91. The minimum Gasteiger partial charge on any atom is -0.461 e. The van der Waals surface area contributed by atoms with Crippen molar-refractivity contribution in [3.8, 4) is 0 Å². The number of likely N-dealkylation sites (N-methyl/N-ethyl adjacent to an activating group) is 1. The minimum absolute atomic E-state index is 0.0150. The average Bonchev–Trinajstić information content (AvgIpc) is 3.16. The molecule has 0 radical (unpaired) electrons. The van der Waals surface area contributed by atoms with Gasteiger partial charge in [-0.1, -0.05) is 24.6 Å². The van der Waals surface area contributed by atoms with Crippen molar-refractivity contribution in [1.29, 1.82) is 0 Å². The number of carbonyl (C=O) groups is 2. The monoisotopic (exact) mass is 380 g/mol. The van der Waals surface area contributed by atoms with Crippen molar-refractivity contribution in [1.82, 2.24) is 4.90 Å². The molecule has 2 aromatic rings. The van der Waals surface area contributed by atoms with Gasteiger partial charge in [0.15, 0.2) is 0 Å². The molecule has 1 aromatic carbocycles. The van der Waals surface area contributed by atoms with Gasteiger partial charge in [0.1, 0.15) is 11.5 Å². The summed E-state index contributed by atoms with van der Waals surface area (Å²) in [5, 5.41) is 2.92. The van der Waals surface area contributed by atoms with Crippen molar-refractivity contribution in [2.24, 2.45) is 5.92 Å². The van der Waals surface area contributed by atoms with Crippen LogP contribution in [0.4, 0.5) is 5.69 Å². The molecule has 1 N–H and O–H groups in total. The van der Waals surface area contributed by atoms with Crippen LogP contribution in [-0.2, 0) is 9.59 Å². The number of nitrogens with zero attached hydrogens (tertiary/aromatic N) is 1. The molecule has 0 bridgehead atoms. The van der Waals surface area contributed by atoms with Crippen LogP contribution in [0, 0.1) is 26.7 Å². The normalized spacial score (nSPS) is 18.3. The molecule has 1 fully saturated rings. The molecule has 3 rings (SSSR count). The second kappa shape index (κ2) is 8.05. The lowest BCUT2D eigenvalue weighted by Crippen LogP contribution is -2.34. The Hall–Kier alpha value is -2.82. The lowest BCUT2D eigenvalue weighted by Gasteiger charge is -2.17. The first-order valence-corrected chi connectivity index (χ1v) is 9.65. The minimum atomic E-state index is -0.245. The van der Waals surface area contributed by atoms with Crippen LogP contribution >= 0.6 is 0 Å². The van der Waals surface area contributed by atoms with E-state index < -0.39 is 0 Å². The lowest BCUT2D eigenvalue weighted by molar-refractivity contribution is -0.129. The average molecular weight is 380 g/mol. The van der Waals surface area contributed by atoms with Crippen LogP contribution in [-0.4, -0.2) is 30.3 Å². The van der Waals surface area contributed by atoms with Gasteiger partial charge in [-0.3, -0.25) is 9.59 Å². The first-order valence-electron chi connectivity index (χ1n) is 9.65. The van der Waals surface area contributed by atoms with Crippen molar-refractivity contribution < 1.29 is 14.0 Å². The first kappa shape index (κ1) is 19.9. The molecule has 2 unspecified atom stereocenters. The summed E-state index contributed by atoms with van der Waals surface area (Å²) in [6.07, 6.45) is 4.25. The van der Waals surface area contributed by atoms with Gasteiger partial charge in [0.05, 0.1) is 6.54 Å². The maximum absolute atomic E-state index is 12.4. The zero-order valence-corrected chi connectivity index (χ0v) is 17.2. The van der Waals surface area contributed by atoms with E-state index in [0.29, 0.717) is 17.6 Å². The number of furan rings is 1. The standard InChI is InChI=1S/C23H28N2O3/c1-14-10-16(3)23(17(4)11-14)24-21(26)13-25(5)22(27)9-7-18-6-8-20(28-18)19-12-15(19)2/h6-11,15,19H,12-13H2,1-5H3,(H,24,26)/b9-7+. The summed E-state index contributed by atoms with van der Waals surface area (Å²) in [5.41, 5.74) is 3.99. The van der Waals surface area contributed by atoms with Gasteiger partial charge in [-0.15, -0.1) is 0 Å². The Labute approximate surface area is 166 Å². The van der Waals surface area contributed by atoms with E-state index in [1.165, 1.54) is 11.0 Å². The number of carbonyl (C=O) groups excluding carboxylic acids is 2. The fourth-order valence-electron chi connectivity index (χ4n) is 3.51. The summed E-state index contributed by atoms with van der Waals surface area (Å²) >= 11 is 0. The Morgan fingerprint density at radius 1 is 1.21 bits per heavy atom. The topological polar surface area (TPSA) is 62.6 Å². The van der Waals surface area contributed by atoms with Crippen LogP contribution in [0.5, 0.6) is 0 Å². The molecule has 1 aliphatic carbocycles. The second-order valence-corrected chi connectivity index (χ2v) is 7.91. The SMILES string of the molecule is Cc1cc(C)c(NC(=O)CN(C)C(=O)/C=C/c2ccc(C3CC3C)o2)c(C)c1. The van der Waals surface area contributed by atoms with E-state index in [1.54, 1.807) is 13.1 Å². The zero-order valence-electron chi connectivity index (χ0n) is 17.2. The molecule has 2 atom stereocenters. The third-order valence-corrected chi connectivity index (χ3v) is 5.21. The highest BCUT2D eigenvalue weighted by atomic mass is 16.3. The van der Waals surface area contributed by atoms with Crippen molar-refractivity contribution >= 4 is 23.6 Å². The lowest BCUT2D eigenvalue weighted by atomic mass is 10.1. The molecule has 148 valence electrons. The third kappa shape index (κ3) is 4.71. The maximum atomic E-state index is 12.4. The van der Waals surface area contributed by atoms with E-state index in [4.69, 9.17) is 4.42 Å². The van der Waals surface area contributed by atoms with Gasteiger partial charge in [-0.05, 0) is 62.4 Å². The Bertz CT molecular complexity index is 903. The quantitative estimate of drug-likeness (QED) is 0.754. The maximum Gasteiger partial charge on any atom is 0.246 e. The number of benzene rings is 1. The number of aryl methyl sites for hydroxylation is 3. The number of rotatable bonds is 6. The van der Waals surface area contributed by atoms with E-state index in [1.807, 2.05) is 45.0 Å². The Balaban J connectivity index is 1.55. The van der Waals surface area contributed by atoms with Gasteiger partial charge in [-0.25, -0.2) is 0 Å². The van der Waals surface area contributed by atoms with Gasteiger partial charge in [0, 0.05) is 24.7 Å². The van der Waals surface area contributed by atoms with E-state index in [-0.39, 0.29) is 18.4 Å². The number of anilines is 1. The molecule has 5 heteroatoms. The third-order valence-electron chi connectivity index (χ3n) is 5.21. The van der Waals surface area contributed by atoms with Crippen LogP contribution in [0.1, 0.15) is 47.5 Å². The fraction of sp³-hybridized carbons (Fsp3) is 0.391. The van der Waals surface area contributed by atoms with E-state index in [9.17, 15) is 9.59 Å². The van der Waals surface area contributed by atoms with Crippen LogP contribution in [0.15, 0.2) is 34.8 Å². The Morgan fingerprint density at radius 2 is 1.86 bits per heavy atom. The molecule has 5 nitrogen and oxygen atoms in total. The van der Waals surface area contributed by atoms with Gasteiger partial charge in [-0.2, -0.15) is 0 Å².